The highest BCUT2D eigenvalue weighted by molar-refractivity contribution is 9.10. The highest BCUT2D eigenvalue weighted by Crippen LogP contribution is 2.30. The molecule has 0 aliphatic carbocycles. The minimum Gasteiger partial charge on any atom is -0.497 e. The van der Waals surface area contributed by atoms with Crippen LogP contribution in [0.2, 0.25) is 0 Å². The lowest BCUT2D eigenvalue weighted by atomic mass is 10.0. The zero-order valence-corrected chi connectivity index (χ0v) is 13.1. The molecule has 1 atom stereocenters. The Kier molecular flexibility index (Phi) is 5.04. The minimum absolute atomic E-state index is 0.517. The number of hydrogen-bond donors (Lipinski definition) is 1. The second-order valence-electron chi connectivity index (χ2n) is 4.46. The molecule has 0 spiro atoms. The Morgan fingerprint density at radius 1 is 1.05 bits per heavy atom. The van der Waals surface area contributed by atoms with Crippen molar-refractivity contribution in [2.24, 2.45) is 0 Å². The summed E-state index contributed by atoms with van der Waals surface area (Å²) in [6, 6.07) is 13.3. The maximum atomic E-state index is 10.4. The summed E-state index contributed by atoms with van der Waals surface area (Å²) in [5, 5.41) is 10.4. The van der Waals surface area contributed by atoms with E-state index >= 15 is 0 Å². The molecule has 0 heterocycles. The number of halogens is 1. The summed E-state index contributed by atoms with van der Waals surface area (Å²) in [6.45, 7) is 0. The van der Waals surface area contributed by atoms with Gasteiger partial charge in [0, 0.05) is 10.9 Å². The van der Waals surface area contributed by atoms with Crippen molar-refractivity contribution in [3.63, 3.8) is 0 Å². The van der Waals surface area contributed by atoms with Crippen LogP contribution in [0.1, 0.15) is 17.2 Å². The van der Waals surface area contributed by atoms with E-state index in [0.29, 0.717) is 6.42 Å². The number of hydrogen-bond acceptors (Lipinski definition) is 3. The van der Waals surface area contributed by atoms with Gasteiger partial charge in [-0.1, -0.05) is 28.1 Å². The topological polar surface area (TPSA) is 38.7 Å². The smallest absolute Gasteiger partial charge is 0.119 e. The van der Waals surface area contributed by atoms with Gasteiger partial charge >= 0.3 is 0 Å². The van der Waals surface area contributed by atoms with Crippen molar-refractivity contribution in [3.05, 3.63) is 58.1 Å². The first kappa shape index (κ1) is 14.9. The number of aliphatic hydroxyl groups is 1. The van der Waals surface area contributed by atoms with Crippen molar-refractivity contribution >= 4 is 15.9 Å². The first-order chi connectivity index (χ1) is 9.63. The van der Waals surface area contributed by atoms with Gasteiger partial charge in [-0.05, 0) is 41.5 Å². The largest absolute Gasteiger partial charge is 0.497 e. The Balaban J connectivity index is 2.20. The van der Waals surface area contributed by atoms with Crippen LogP contribution in [0.25, 0.3) is 0 Å². The summed E-state index contributed by atoms with van der Waals surface area (Å²) in [7, 11) is 3.25. The fraction of sp³-hybridized carbons (Fsp3) is 0.250. The molecule has 0 radical (unpaired) electrons. The number of ether oxygens (including phenoxy) is 2. The Morgan fingerprint density at radius 2 is 1.75 bits per heavy atom. The van der Waals surface area contributed by atoms with Crippen LogP contribution in [0.4, 0.5) is 0 Å². The molecule has 0 fully saturated rings. The van der Waals surface area contributed by atoms with Gasteiger partial charge in [-0.25, -0.2) is 0 Å². The summed E-state index contributed by atoms with van der Waals surface area (Å²) < 4.78 is 11.3. The van der Waals surface area contributed by atoms with Crippen LogP contribution in [0.5, 0.6) is 11.5 Å². The van der Waals surface area contributed by atoms with E-state index in [1.807, 2.05) is 42.5 Å². The summed E-state index contributed by atoms with van der Waals surface area (Å²) in [5.74, 6) is 1.52. The average molecular weight is 337 g/mol. The van der Waals surface area contributed by atoms with Gasteiger partial charge in [0.1, 0.15) is 11.5 Å². The van der Waals surface area contributed by atoms with Crippen LogP contribution in [-0.4, -0.2) is 19.3 Å². The summed E-state index contributed by atoms with van der Waals surface area (Å²) in [5.41, 5.74) is 1.83. The predicted octanol–water partition coefficient (Wildman–Crippen LogP) is 3.74. The van der Waals surface area contributed by atoms with Crippen LogP contribution in [0, 0.1) is 0 Å². The highest BCUT2D eigenvalue weighted by Gasteiger charge is 2.13. The van der Waals surface area contributed by atoms with E-state index in [-0.39, 0.29) is 0 Å². The Morgan fingerprint density at radius 3 is 2.45 bits per heavy atom. The van der Waals surface area contributed by atoms with E-state index < -0.39 is 6.10 Å². The Labute approximate surface area is 127 Å². The lowest BCUT2D eigenvalue weighted by Gasteiger charge is -2.14. The molecule has 0 saturated carbocycles. The molecule has 0 aliphatic rings. The van der Waals surface area contributed by atoms with Gasteiger partial charge in [-0.2, -0.15) is 0 Å². The maximum absolute atomic E-state index is 10.4. The van der Waals surface area contributed by atoms with Crippen LogP contribution in [0.15, 0.2) is 46.9 Å². The minimum atomic E-state index is -0.605. The van der Waals surface area contributed by atoms with E-state index in [4.69, 9.17) is 9.47 Å². The third-order valence-electron chi connectivity index (χ3n) is 3.13. The van der Waals surface area contributed by atoms with Crippen molar-refractivity contribution in [1.82, 2.24) is 0 Å². The fourth-order valence-corrected chi connectivity index (χ4v) is 2.55. The van der Waals surface area contributed by atoms with Gasteiger partial charge in [0.15, 0.2) is 0 Å². The van der Waals surface area contributed by atoms with Crippen LogP contribution >= 0.6 is 15.9 Å². The van der Waals surface area contributed by atoms with Gasteiger partial charge in [-0.3, -0.25) is 0 Å². The number of aliphatic hydroxyl groups excluding tert-OH is 1. The van der Waals surface area contributed by atoms with Crippen molar-refractivity contribution in [1.29, 1.82) is 0 Å². The van der Waals surface area contributed by atoms with Gasteiger partial charge < -0.3 is 14.6 Å². The van der Waals surface area contributed by atoms with E-state index in [1.165, 1.54) is 0 Å². The van der Waals surface area contributed by atoms with Gasteiger partial charge in [0.2, 0.25) is 0 Å². The third kappa shape index (κ3) is 3.52. The Bertz CT molecular complexity index is 584. The van der Waals surface area contributed by atoms with E-state index in [0.717, 1.165) is 27.1 Å². The van der Waals surface area contributed by atoms with Crippen LogP contribution in [-0.2, 0) is 6.42 Å². The third-order valence-corrected chi connectivity index (χ3v) is 3.85. The lowest BCUT2D eigenvalue weighted by molar-refractivity contribution is 0.177. The monoisotopic (exact) mass is 336 g/mol. The molecule has 20 heavy (non-hydrogen) atoms. The van der Waals surface area contributed by atoms with E-state index in [2.05, 4.69) is 15.9 Å². The molecule has 2 aromatic rings. The van der Waals surface area contributed by atoms with Crippen molar-refractivity contribution in [2.45, 2.75) is 12.5 Å². The molecule has 1 N–H and O–H groups in total. The fourth-order valence-electron chi connectivity index (χ4n) is 2.04. The molecule has 0 bridgehead atoms. The zero-order chi connectivity index (χ0) is 14.5. The molecule has 0 aliphatic heterocycles. The SMILES string of the molecule is COc1cccc(CC(O)c2cc(OC)ccc2Br)c1. The normalized spacial score (nSPS) is 12.0. The molecule has 2 aromatic carbocycles. The summed E-state index contributed by atoms with van der Waals surface area (Å²) >= 11 is 3.46. The predicted molar refractivity (Wildman–Crippen MR) is 82.4 cm³/mol. The van der Waals surface area contributed by atoms with Crippen LogP contribution in [0.3, 0.4) is 0 Å². The van der Waals surface area contributed by atoms with E-state index in [1.54, 1.807) is 14.2 Å². The molecule has 2 rings (SSSR count). The summed E-state index contributed by atoms with van der Waals surface area (Å²) in [6.07, 6.45) is -0.0882. The second kappa shape index (κ2) is 6.77. The zero-order valence-electron chi connectivity index (χ0n) is 11.5. The molecule has 4 heteroatoms. The molecule has 0 aromatic heterocycles. The highest BCUT2D eigenvalue weighted by atomic mass is 79.9. The average Bonchev–Trinajstić information content (AvgIpc) is 2.47. The molecule has 0 amide bonds. The van der Waals surface area contributed by atoms with Crippen molar-refractivity contribution in [3.8, 4) is 11.5 Å². The molecule has 3 nitrogen and oxygen atoms in total. The molecule has 0 saturated heterocycles. The Hall–Kier alpha value is -1.52. The number of rotatable bonds is 5. The van der Waals surface area contributed by atoms with Crippen molar-refractivity contribution in [2.75, 3.05) is 14.2 Å². The number of benzene rings is 2. The van der Waals surface area contributed by atoms with E-state index in [9.17, 15) is 5.11 Å². The number of methoxy groups -OCH3 is 2. The summed E-state index contributed by atoms with van der Waals surface area (Å²) in [4.78, 5) is 0. The first-order valence-corrected chi connectivity index (χ1v) is 7.07. The molecule has 1 unspecified atom stereocenters. The molecular formula is C16H17BrO3. The van der Waals surface area contributed by atoms with Gasteiger partial charge in [0.05, 0.1) is 20.3 Å². The van der Waals surface area contributed by atoms with Gasteiger partial charge in [0.25, 0.3) is 0 Å². The standard InChI is InChI=1S/C16H17BrO3/c1-19-12-5-3-4-11(8-12)9-16(18)14-10-13(20-2)6-7-15(14)17/h3-8,10,16,18H,9H2,1-2H3. The lowest BCUT2D eigenvalue weighted by Crippen LogP contribution is -2.03. The quantitative estimate of drug-likeness (QED) is 0.903. The van der Waals surface area contributed by atoms with Crippen molar-refractivity contribution < 1.29 is 14.6 Å². The molecular weight excluding hydrogens is 320 g/mol. The maximum Gasteiger partial charge on any atom is 0.119 e. The second-order valence-corrected chi connectivity index (χ2v) is 5.31. The van der Waals surface area contributed by atoms with Gasteiger partial charge in [-0.15, -0.1) is 0 Å². The first-order valence-electron chi connectivity index (χ1n) is 6.28. The van der Waals surface area contributed by atoms with Crippen LogP contribution < -0.4 is 9.47 Å². The molecule has 106 valence electrons.